The Hall–Kier alpha value is -2.83. The van der Waals surface area contributed by atoms with E-state index >= 15 is 0 Å². The maximum Gasteiger partial charge on any atom is 0.312 e. The first-order valence-electron chi connectivity index (χ1n) is 18.9. The summed E-state index contributed by atoms with van der Waals surface area (Å²) in [5.74, 6) is -2.98. The first-order chi connectivity index (χ1) is 26.1. The minimum Gasteiger partial charge on any atom is -0.497 e. The second kappa shape index (κ2) is 18.8. The zero-order valence-electron chi connectivity index (χ0n) is 33.3. The molecule has 1 aliphatic heterocycles. The number of ether oxygens (including phenoxy) is 2. The van der Waals surface area contributed by atoms with Gasteiger partial charge in [0, 0.05) is 53.3 Å². The number of carbonyl (C=O) groups excluding carboxylic acids is 3. The topological polar surface area (TPSA) is 191 Å². The minimum atomic E-state index is -1.90. The largest absolute Gasteiger partial charge is 0.497 e. The fourth-order valence-corrected chi connectivity index (χ4v) is 8.52. The van der Waals surface area contributed by atoms with Crippen LogP contribution in [-0.2, 0) is 20.7 Å². The highest BCUT2D eigenvalue weighted by molar-refractivity contribution is 14.1. The Labute approximate surface area is 347 Å². The van der Waals surface area contributed by atoms with Gasteiger partial charge in [-0.1, -0.05) is 25.4 Å². The van der Waals surface area contributed by atoms with Crippen molar-refractivity contribution in [3.05, 3.63) is 64.3 Å². The van der Waals surface area contributed by atoms with E-state index in [-0.39, 0.29) is 37.1 Å². The van der Waals surface area contributed by atoms with Gasteiger partial charge in [-0.3, -0.25) is 23.9 Å². The number of alkyl halides is 1. The van der Waals surface area contributed by atoms with E-state index in [0.717, 1.165) is 0 Å². The maximum absolute atomic E-state index is 13.7. The monoisotopic (exact) mass is 913 g/mol. The molecule has 15 heteroatoms. The average molecular weight is 914 g/mol. The predicted octanol–water partition coefficient (Wildman–Crippen LogP) is 4.24. The number of hydrogen-bond acceptors (Lipinski definition) is 11. The first-order valence-corrected chi connectivity index (χ1v) is 20.6. The lowest BCUT2D eigenvalue weighted by Gasteiger charge is -2.42. The maximum atomic E-state index is 13.7. The van der Waals surface area contributed by atoms with Crippen molar-refractivity contribution in [2.45, 2.75) is 107 Å². The van der Waals surface area contributed by atoms with Gasteiger partial charge < -0.3 is 40.3 Å². The molecule has 0 saturated carbocycles. The molecular formula is C41H57ClIN3O10. The Kier molecular flexibility index (Phi) is 15.4. The number of esters is 1. The number of aliphatic hydroxyl groups excluding tert-OH is 3. The normalized spacial score (nSPS) is 31.3. The van der Waals surface area contributed by atoms with Crippen molar-refractivity contribution in [3.8, 4) is 5.75 Å². The quantitative estimate of drug-likeness (QED) is 0.0821. The van der Waals surface area contributed by atoms with Crippen LogP contribution < -0.4 is 10.1 Å². The number of hydrogen-bond donors (Lipinski definition) is 6. The standard InChI is InChI=1S/C41H57ClIN3O10/c1-22-20-40(6,53)35(49)23(2)34(48)24(3)38(52)56-39(43)41(7,54)36(50)26(5)45(21-22)17-9-16-44-33(47)19-30-25(4)46(32-15-14-29(55-8)18-31(30)32)37(51)27-10-12-28(42)13-11-27/h10-15,18,22-24,26,34-36,39,48-50,53-54H,9,16-17,19-21H2,1-8H3,(H,44,47)/t22-,23+,24-,26-,34+,35-,36-,39+,40-,41+/m1/s1. The highest BCUT2D eigenvalue weighted by Crippen LogP contribution is 2.34. The summed E-state index contributed by atoms with van der Waals surface area (Å²) < 4.78 is 11.4. The molecule has 10 atom stereocenters. The minimum absolute atomic E-state index is 0.00591. The average Bonchev–Trinajstić information content (AvgIpc) is 3.42. The van der Waals surface area contributed by atoms with Crippen molar-refractivity contribution >= 4 is 62.9 Å². The van der Waals surface area contributed by atoms with Crippen LogP contribution in [-0.4, -0.2) is 119 Å². The molecule has 310 valence electrons. The van der Waals surface area contributed by atoms with E-state index in [1.54, 1.807) is 91.4 Å². The third-order valence-corrected chi connectivity index (χ3v) is 13.1. The summed E-state index contributed by atoms with van der Waals surface area (Å²) in [7, 11) is 1.55. The molecule has 56 heavy (non-hydrogen) atoms. The summed E-state index contributed by atoms with van der Waals surface area (Å²) in [6.45, 7) is 12.3. The van der Waals surface area contributed by atoms with Gasteiger partial charge in [-0.2, -0.15) is 0 Å². The van der Waals surface area contributed by atoms with E-state index < -0.39 is 57.5 Å². The number of halogens is 2. The zero-order chi connectivity index (χ0) is 41.9. The molecule has 1 saturated heterocycles. The fourth-order valence-electron chi connectivity index (χ4n) is 7.78. The molecule has 1 aliphatic rings. The molecule has 0 radical (unpaired) electrons. The second-order valence-corrected chi connectivity index (χ2v) is 17.5. The van der Waals surface area contributed by atoms with E-state index in [9.17, 15) is 39.9 Å². The Morgan fingerprint density at radius 3 is 2.30 bits per heavy atom. The number of rotatable bonds is 8. The molecule has 13 nitrogen and oxygen atoms in total. The number of nitrogens with one attached hydrogen (secondary N) is 1. The molecule has 0 spiro atoms. The van der Waals surface area contributed by atoms with Gasteiger partial charge in [0.25, 0.3) is 5.91 Å². The number of methoxy groups -OCH3 is 1. The van der Waals surface area contributed by atoms with Crippen molar-refractivity contribution < 1.29 is 49.4 Å². The van der Waals surface area contributed by atoms with E-state index in [2.05, 4.69) is 5.32 Å². The molecule has 1 amide bonds. The number of nitrogens with zero attached hydrogens (tertiary/aromatic N) is 2. The fraction of sp³-hybridized carbons (Fsp3) is 0.585. The number of cyclic esters (lactones) is 1. The molecule has 0 aliphatic carbocycles. The SMILES string of the molecule is COc1ccc2c(c1)c(CC(=O)NCCCN1C[C@H](C)C[C@@](C)(O)[C@H](O)[C@@H](C)[C@H](O)[C@@H](C)C(=O)O[C@H](I)[C@@](C)(O)[C@H](O)[C@H]1C)c(C)n2C(=O)c1ccc(Cl)cc1. The van der Waals surface area contributed by atoms with Crippen LogP contribution in [0.1, 0.15) is 76.0 Å². The molecule has 0 bridgehead atoms. The number of aromatic nitrogens is 1. The number of carbonyl (C=O) groups is 3. The lowest BCUT2D eigenvalue weighted by Crippen LogP contribution is -2.58. The number of aliphatic hydroxyl groups is 5. The molecule has 2 aromatic carbocycles. The Morgan fingerprint density at radius 1 is 1.04 bits per heavy atom. The van der Waals surface area contributed by atoms with E-state index in [1.807, 2.05) is 17.9 Å². The Morgan fingerprint density at radius 2 is 1.68 bits per heavy atom. The van der Waals surface area contributed by atoms with Gasteiger partial charge in [-0.25, -0.2) is 0 Å². The van der Waals surface area contributed by atoms with E-state index in [1.165, 1.54) is 20.8 Å². The van der Waals surface area contributed by atoms with Crippen LogP contribution in [0.15, 0.2) is 42.5 Å². The van der Waals surface area contributed by atoms with Crippen molar-refractivity contribution in [2.75, 3.05) is 26.7 Å². The van der Waals surface area contributed by atoms with Gasteiger partial charge in [0.15, 0.2) is 4.11 Å². The summed E-state index contributed by atoms with van der Waals surface area (Å²) in [4.78, 5) is 42.2. The van der Waals surface area contributed by atoms with Gasteiger partial charge in [0.05, 0.1) is 42.8 Å². The Bertz CT molecular complexity index is 1850. The smallest absolute Gasteiger partial charge is 0.312 e. The Balaban J connectivity index is 1.52. The summed E-state index contributed by atoms with van der Waals surface area (Å²) in [6.07, 6.45) is -3.56. The van der Waals surface area contributed by atoms with Crippen LogP contribution in [0.4, 0.5) is 0 Å². The van der Waals surface area contributed by atoms with E-state index in [4.69, 9.17) is 21.1 Å². The van der Waals surface area contributed by atoms with Gasteiger partial charge in [0.2, 0.25) is 5.91 Å². The molecule has 0 unspecified atom stereocenters. The van der Waals surface area contributed by atoms with Crippen LogP contribution in [0.5, 0.6) is 5.75 Å². The van der Waals surface area contributed by atoms with Crippen LogP contribution in [0.3, 0.4) is 0 Å². The molecule has 2 heterocycles. The van der Waals surface area contributed by atoms with Gasteiger partial charge >= 0.3 is 5.97 Å². The third-order valence-electron chi connectivity index (χ3n) is 11.3. The van der Waals surface area contributed by atoms with Crippen LogP contribution in [0.25, 0.3) is 10.9 Å². The van der Waals surface area contributed by atoms with Crippen molar-refractivity contribution in [2.24, 2.45) is 17.8 Å². The second-order valence-electron chi connectivity index (χ2n) is 15.9. The van der Waals surface area contributed by atoms with Gasteiger partial charge in [-0.15, -0.1) is 0 Å². The first kappa shape index (κ1) is 45.9. The number of benzene rings is 2. The highest BCUT2D eigenvalue weighted by atomic mass is 127. The number of fused-ring (bicyclic) bond motifs is 1. The van der Waals surface area contributed by atoms with Crippen LogP contribution in [0.2, 0.25) is 5.02 Å². The molecule has 4 rings (SSSR count). The number of amides is 1. The summed E-state index contributed by atoms with van der Waals surface area (Å²) >= 11 is 7.81. The molecular weight excluding hydrogens is 857 g/mol. The molecule has 6 N–H and O–H groups in total. The third kappa shape index (κ3) is 10.2. The van der Waals surface area contributed by atoms with Gasteiger partial charge in [-0.05, 0) is 124 Å². The van der Waals surface area contributed by atoms with Crippen LogP contribution in [0, 0.1) is 24.7 Å². The lowest BCUT2D eigenvalue weighted by atomic mass is 9.78. The van der Waals surface area contributed by atoms with Crippen molar-refractivity contribution in [3.63, 3.8) is 0 Å². The van der Waals surface area contributed by atoms with Crippen LogP contribution >= 0.6 is 34.2 Å². The highest BCUT2D eigenvalue weighted by Gasteiger charge is 2.47. The summed E-state index contributed by atoms with van der Waals surface area (Å²) in [5.41, 5.74) is -1.16. The van der Waals surface area contributed by atoms with Crippen molar-refractivity contribution in [1.29, 1.82) is 0 Å². The van der Waals surface area contributed by atoms with Crippen molar-refractivity contribution in [1.82, 2.24) is 14.8 Å². The summed E-state index contributed by atoms with van der Waals surface area (Å²) in [6, 6.07) is 11.3. The zero-order valence-corrected chi connectivity index (χ0v) is 36.2. The van der Waals surface area contributed by atoms with E-state index in [0.29, 0.717) is 58.0 Å². The lowest BCUT2D eigenvalue weighted by molar-refractivity contribution is -0.176. The summed E-state index contributed by atoms with van der Waals surface area (Å²) in [5, 5.41) is 60.7. The molecule has 1 aromatic heterocycles. The van der Waals surface area contributed by atoms with Gasteiger partial charge in [0.1, 0.15) is 17.5 Å². The predicted molar refractivity (Wildman–Crippen MR) is 222 cm³/mol. The molecule has 3 aromatic rings. The molecule has 1 fully saturated rings.